The normalized spacial score (nSPS) is 22.5. The molecule has 2 atom stereocenters. The first-order valence-electron chi connectivity index (χ1n) is 9.99. The van der Waals surface area contributed by atoms with Gasteiger partial charge < -0.3 is 23.8 Å². The van der Waals surface area contributed by atoms with Gasteiger partial charge in [-0.3, -0.25) is 9.69 Å². The van der Waals surface area contributed by atoms with E-state index in [2.05, 4.69) is 38.7 Å². The molecule has 2 aromatic heterocycles. The van der Waals surface area contributed by atoms with Crippen molar-refractivity contribution >= 4 is 5.91 Å². The van der Waals surface area contributed by atoms with Crippen LogP contribution in [0.15, 0.2) is 4.52 Å². The number of rotatable bonds is 5. The van der Waals surface area contributed by atoms with E-state index in [1.807, 2.05) is 0 Å². The van der Waals surface area contributed by atoms with Crippen LogP contribution in [0.3, 0.4) is 0 Å². The lowest BCUT2D eigenvalue weighted by molar-refractivity contribution is 0.0689. The third-order valence-corrected chi connectivity index (χ3v) is 5.82. The van der Waals surface area contributed by atoms with E-state index in [1.165, 1.54) is 0 Å². The number of methoxy groups -OCH3 is 1. The maximum absolute atomic E-state index is 13.0. The Kier molecular flexibility index (Phi) is 5.41. The Morgan fingerprint density at radius 2 is 2.14 bits per heavy atom. The van der Waals surface area contributed by atoms with Gasteiger partial charge in [0.2, 0.25) is 0 Å². The van der Waals surface area contributed by atoms with Gasteiger partial charge in [0, 0.05) is 32.8 Å². The lowest BCUT2D eigenvalue weighted by Gasteiger charge is -2.31. The number of aliphatic hydroxyl groups excluding tert-OH is 1. The number of nitrogens with zero attached hydrogens (tertiary/aromatic N) is 6. The molecule has 1 amide bonds. The van der Waals surface area contributed by atoms with Crippen molar-refractivity contribution in [1.82, 2.24) is 29.7 Å². The first-order chi connectivity index (χ1) is 13.9. The molecule has 2 aliphatic rings. The second kappa shape index (κ2) is 7.85. The highest BCUT2D eigenvalue weighted by Crippen LogP contribution is 2.34. The van der Waals surface area contributed by atoms with Gasteiger partial charge in [0.25, 0.3) is 5.91 Å². The van der Waals surface area contributed by atoms with E-state index in [4.69, 9.17) is 9.26 Å². The minimum atomic E-state index is -0.355. The van der Waals surface area contributed by atoms with Crippen molar-refractivity contribution < 1.29 is 19.2 Å². The molecule has 1 fully saturated rings. The number of carbonyl (C=O) groups excluding carboxylic acids is 1. The summed E-state index contributed by atoms with van der Waals surface area (Å²) in [6.45, 7) is 8.44. The van der Waals surface area contributed by atoms with Crippen molar-refractivity contribution in [3.8, 4) is 0 Å². The number of hydrogen-bond acceptors (Lipinski definition) is 8. The number of hydrogen-bond donors (Lipinski definition) is 1. The quantitative estimate of drug-likeness (QED) is 0.783. The number of β-amino-alcohol motifs (C(OH)–C–C–N with tert-alkyl or cyclic N) is 1. The van der Waals surface area contributed by atoms with Crippen molar-refractivity contribution in [1.29, 1.82) is 0 Å². The van der Waals surface area contributed by atoms with Crippen LogP contribution in [0.25, 0.3) is 0 Å². The number of carbonyl (C=O) groups is 1. The number of ether oxygens (including phenoxy) is 1. The molecule has 10 nitrogen and oxygen atoms in total. The van der Waals surface area contributed by atoms with E-state index in [-0.39, 0.29) is 24.7 Å². The zero-order valence-corrected chi connectivity index (χ0v) is 17.3. The van der Waals surface area contributed by atoms with E-state index in [1.54, 1.807) is 18.9 Å². The van der Waals surface area contributed by atoms with E-state index in [9.17, 15) is 9.90 Å². The van der Waals surface area contributed by atoms with Crippen LogP contribution >= 0.6 is 0 Å². The summed E-state index contributed by atoms with van der Waals surface area (Å²) >= 11 is 0. The molecule has 158 valence electrons. The summed E-state index contributed by atoms with van der Waals surface area (Å²) in [6.07, 6.45) is 0.295. The van der Waals surface area contributed by atoms with Gasteiger partial charge in [-0.15, -0.1) is 10.2 Å². The SMILES string of the molecule is COCc1c(C(=O)N2CCn3c(nnc3[C@@H]3C[C@H](O)CN3C(C)C)C2)noc1C. The van der Waals surface area contributed by atoms with Gasteiger partial charge in [-0.2, -0.15) is 0 Å². The highest BCUT2D eigenvalue weighted by molar-refractivity contribution is 5.93. The average molecular weight is 404 g/mol. The molecular weight excluding hydrogens is 376 g/mol. The molecule has 0 unspecified atom stereocenters. The van der Waals surface area contributed by atoms with Crippen LogP contribution in [0.4, 0.5) is 0 Å². The van der Waals surface area contributed by atoms with E-state index in [0.717, 1.165) is 11.6 Å². The fourth-order valence-corrected chi connectivity index (χ4v) is 4.29. The third-order valence-electron chi connectivity index (χ3n) is 5.82. The monoisotopic (exact) mass is 404 g/mol. The molecule has 29 heavy (non-hydrogen) atoms. The Morgan fingerprint density at radius 3 is 2.86 bits per heavy atom. The smallest absolute Gasteiger partial charge is 0.276 e. The molecule has 10 heteroatoms. The molecule has 4 heterocycles. The first-order valence-corrected chi connectivity index (χ1v) is 9.99. The number of fused-ring (bicyclic) bond motifs is 1. The van der Waals surface area contributed by atoms with Crippen LogP contribution in [-0.4, -0.2) is 73.1 Å². The second-order valence-electron chi connectivity index (χ2n) is 8.05. The largest absolute Gasteiger partial charge is 0.392 e. The first kappa shape index (κ1) is 20.0. The van der Waals surface area contributed by atoms with Crippen molar-refractivity contribution in [3.05, 3.63) is 28.7 Å². The van der Waals surface area contributed by atoms with Gasteiger partial charge in [-0.1, -0.05) is 5.16 Å². The molecule has 2 aromatic rings. The highest BCUT2D eigenvalue weighted by Gasteiger charge is 2.38. The highest BCUT2D eigenvalue weighted by atomic mass is 16.5. The molecule has 2 aliphatic heterocycles. The fraction of sp³-hybridized carbons (Fsp3) is 0.684. The minimum Gasteiger partial charge on any atom is -0.392 e. The lowest BCUT2D eigenvalue weighted by Crippen LogP contribution is -2.40. The Hall–Kier alpha value is -2.30. The van der Waals surface area contributed by atoms with Crippen LogP contribution < -0.4 is 0 Å². The van der Waals surface area contributed by atoms with Crippen LogP contribution in [0.1, 0.15) is 59.8 Å². The third kappa shape index (κ3) is 3.56. The summed E-state index contributed by atoms with van der Waals surface area (Å²) in [5.74, 6) is 2.02. The summed E-state index contributed by atoms with van der Waals surface area (Å²) in [5, 5.41) is 22.9. The number of aliphatic hydroxyl groups is 1. The van der Waals surface area contributed by atoms with Gasteiger partial charge in [-0.05, 0) is 27.2 Å². The lowest BCUT2D eigenvalue weighted by atomic mass is 10.1. The van der Waals surface area contributed by atoms with E-state index in [0.29, 0.717) is 55.7 Å². The van der Waals surface area contributed by atoms with Crippen molar-refractivity contribution in [3.63, 3.8) is 0 Å². The molecule has 0 bridgehead atoms. The molecule has 0 saturated carbocycles. The zero-order valence-electron chi connectivity index (χ0n) is 17.3. The summed E-state index contributed by atoms with van der Waals surface area (Å²) in [6, 6.07) is 0.348. The van der Waals surface area contributed by atoms with Gasteiger partial charge in [0.15, 0.2) is 17.3 Å². The van der Waals surface area contributed by atoms with Crippen molar-refractivity contribution in [2.45, 2.75) is 65.1 Å². The summed E-state index contributed by atoms with van der Waals surface area (Å²) in [4.78, 5) is 17.0. The van der Waals surface area contributed by atoms with Crippen LogP contribution in [0, 0.1) is 6.92 Å². The van der Waals surface area contributed by atoms with Gasteiger partial charge in [-0.25, -0.2) is 0 Å². The second-order valence-corrected chi connectivity index (χ2v) is 8.05. The van der Waals surface area contributed by atoms with Gasteiger partial charge in [0.05, 0.1) is 30.9 Å². The van der Waals surface area contributed by atoms with E-state index >= 15 is 0 Å². The van der Waals surface area contributed by atoms with Crippen molar-refractivity contribution in [2.75, 3.05) is 20.2 Å². The van der Waals surface area contributed by atoms with E-state index < -0.39 is 0 Å². The predicted molar refractivity (Wildman–Crippen MR) is 102 cm³/mol. The molecule has 0 aliphatic carbocycles. The molecule has 0 aromatic carbocycles. The van der Waals surface area contributed by atoms with Crippen molar-refractivity contribution in [2.24, 2.45) is 0 Å². The maximum Gasteiger partial charge on any atom is 0.276 e. The summed E-state index contributed by atoms with van der Waals surface area (Å²) in [7, 11) is 1.58. The Labute approximate surface area is 169 Å². The predicted octanol–water partition coefficient (Wildman–Crippen LogP) is 0.893. The summed E-state index contributed by atoms with van der Waals surface area (Å²) < 4.78 is 12.5. The zero-order chi connectivity index (χ0) is 20.7. The molecule has 1 N–H and O–H groups in total. The van der Waals surface area contributed by atoms with Crippen LogP contribution in [-0.2, 0) is 24.4 Å². The molecule has 0 spiro atoms. The fourth-order valence-electron chi connectivity index (χ4n) is 4.29. The summed E-state index contributed by atoms with van der Waals surface area (Å²) in [5.41, 5.74) is 0.972. The number of amides is 1. The minimum absolute atomic E-state index is 0.0417. The topological polar surface area (TPSA) is 110 Å². The standard InChI is InChI=1S/C19H28N6O4/c1-11(2)25-8-13(26)7-15(25)18-21-20-16-9-23(5-6-24(16)18)19(27)17-14(10-28-4)12(3)29-22-17/h11,13,15,26H,5-10H2,1-4H3/t13-,15-/m0/s1. The Morgan fingerprint density at radius 1 is 1.34 bits per heavy atom. The number of aryl methyl sites for hydroxylation is 1. The number of likely N-dealkylation sites (tertiary alicyclic amines) is 1. The van der Waals surface area contributed by atoms with Crippen LogP contribution in [0.2, 0.25) is 0 Å². The average Bonchev–Trinajstić information content (AvgIpc) is 3.38. The molecule has 1 saturated heterocycles. The Balaban J connectivity index is 1.54. The Bertz CT molecular complexity index is 891. The molecular formula is C19H28N6O4. The molecule has 0 radical (unpaired) electrons. The van der Waals surface area contributed by atoms with Gasteiger partial charge in [0.1, 0.15) is 5.76 Å². The molecule has 4 rings (SSSR count). The number of aromatic nitrogens is 4. The van der Waals surface area contributed by atoms with Crippen LogP contribution in [0.5, 0.6) is 0 Å². The van der Waals surface area contributed by atoms with Gasteiger partial charge >= 0.3 is 0 Å². The maximum atomic E-state index is 13.0.